The zero-order valence-electron chi connectivity index (χ0n) is 48.9. The molecule has 0 saturated heterocycles. The second kappa shape index (κ2) is 23.1. The van der Waals surface area contributed by atoms with Gasteiger partial charge in [0.25, 0.3) is 0 Å². The van der Waals surface area contributed by atoms with Gasteiger partial charge in [-0.25, -0.2) is 0 Å². The van der Waals surface area contributed by atoms with Crippen LogP contribution in [0.2, 0.25) is 0 Å². The van der Waals surface area contributed by atoms with E-state index in [0.29, 0.717) is 0 Å². The summed E-state index contributed by atoms with van der Waals surface area (Å²) in [5, 5.41) is 4.96. The van der Waals surface area contributed by atoms with Crippen LogP contribution >= 0.6 is 0 Å². The maximum absolute atomic E-state index is 2.48. The van der Waals surface area contributed by atoms with E-state index in [1.165, 1.54) is 111 Å². The number of fused-ring (bicyclic) bond motifs is 2. The molecule has 14 rings (SSSR count). The molecule has 0 fully saturated rings. The highest BCUT2D eigenvalue weighted by Gasteiger charge is 2.24. The van der Waals surface area contributed by atoms with Crippen LogP contribution in [-0.2, 0) is 0 Å². The highest BCUT2D eigenvalue weighted by molar-refractivity contribution is 5.96. The van der Waals surface area contributed by atoms with Gasteiger partial charge in [-0.1, -0.05) is 255 Å². The molecule has 0 atom stereocenters. The minimum absolute atomic E-state index is 1.09. The van der Waals surface area contributed by atoms with Gasteiger partial charge in [-0.05, 0) is 199 Å². The number of para-hydroxylation sites is 2. The van der Waals surface area contributed by atoms with E-state index in [-0.39, 0.29) is 0 Å². The van der Waals surface area contributed by atoms with Crippen molar-refractivity contribution in [1.82, 2.24) is 0 Å². The summed E-state index contributed by atoms with van der Waals surface area (Å²) in [5.41, 5.74) is 28.0. The predicted octanol–water partition coefficient (Wildman–Crippen LogP) is 23.8. The molecule has 410 valence electrons. The molecule has 14 aromatic carbocycles. The molecule has 14 aromatic rings. The Morgan fingerprint density at radius 3 is 0.860 bits per heavy atom. The van der Waals surface area contributed by atoms with Crippen molar-refractivity contribution in [3.05, 3.63) is 338 Å². The summed E-state index contributed by atoms with van der Waals surface area (Å²) >= 11 is 0. The Morgan fingerprint density at radius 2 is 0.477 bits per heavy atom. The van der Waals surface area contributed by atoms with Gasteiger partial charge in [-0.15, -0.1) is 0 Å². The normalized spacial score (nSPS) is 11.3. The third-order valence-corrected chi connectivity index (χ3v) is 17.2. The average Bonchev–Trinajstić information content (AvgIpc) is 2.41. The highest BCUT2D eigenvalue weighted by Crippen LogP contribution is 2.48. The molecule has 0 radical (unpaired) electrons. The topological polar surface area (TPSA) is 6.48 Å². The third kappa shape index (κ3) is 10.4. The van der Waals surface area contributed by atoms with Crippen LogP contribution in [0.4, 0.5) is 34.1 Å². The summed E-state index contributed by atoms with van der Waals surface area (Å²) < 4.78 is 0. The van der Waals surface area contributed by atoms with E-state index < -0.39 is 0 Å². The van der Waals surface area contributed by atoms with Crippen molar-refractivity contribution in [1.29, 1.82) is 0 Å². The standard InChI is InChI=1S/C84H64N2/c1-57-17-15-27-79(69-35-29-65(30-36-69)61-19-7-5-8-20-61)83(57)85(77-47-41-67(42-48-77)75-39-33-63-23-11-13-25-71(63)55-75)81-51-45-73(53-59(81)3)74-46-52-82(60(4)54-74)86(78-49-43-68(44-50-78)76-40-34-64-24-12-14-26-72(64)56-76)84-58(2)18-16-28-80(84)70-37-31-66(32-38-70)62-21-9-6-10-22-62/h5-56H,1-4H3. The Bertz CT molecular complexity index is 4450. The molecule has 0 amide bonds. The van der Waals surface area contributed by atoms with Crippen molar-refractivity contribution in [3.8, 4) is 77.9 Å². The molecule has 0 spiro atoms. The van der Waals surface area contributed by atoms with Gasteiger partial charge < -0.3 is 9.80 Å². The second-order valence-corrected chi connectivity index (χ2v) is 22.7. The zero-order chi connectivity index (χ0) is 58.1. The van der Waals surface area contributed by atoms with Crippen LogP contribution in [0.1, 0.15) is 22.3 Å². The summed E-state index contributed by atoms with van der Waals surface area (Å²) in [6.07, 6.45) is 0. The quantitative estimate of drug-likeness (QED) is 0.114. The number of rotatable bonds is 13. The SMILES string of the molecule is Cc1cc(-c2ccc(N(c3ccc(-c4ccc5ccccc5c4)cc3)c3c(C)cccc3-c3ccc(-c4ccccc4)cc3)c(C)c2)ccc1N(c1ccc(-c2ccc3ccccc3c2)cc1)c1c(C)cccc1-c1ccc(-c2ccccc2)cc1. The molecule has 0 unspecified atom stereocenters. The summed E-state index contributed by atoms with van der Waals surface area (Å²) in [7, 11) is 0. The molecular formula is C84H64N2. The van der Waals surface area contributed by atoms with Crippen LogP contribution in [0.3, 0.4) is 0 Å². The molecule has 0 saturated carbocycles. The maximum atomic E-state index is 2.48. The summed E-state index contributed by atoms with van der Waals surface area (Å²) in [5.74, 6) is 0. The van der Waals surface area contributed by atoms with Crippen LogP contribution in [0.5, 0.6) is 0 Å². The Labute approximate surface area is 505 Å². The number of anilines is 6. The molecule has 0 aliphatic carbocycles. The van der Waals surface area contributed by atoms with Crippen molar-refractivity contribution in [2.24, 2.45) is 0 Å². The smallest absolute Gasteiger partial charge is 0.0569 e. The fourth-order valence-corrected chi connectivity index (χ4v) is 12.6. The van der Waals surface area contributed by atoms with Crippen LogP contribution in [0.25, 0.3) is 99.4 Å². The summed E-state index contributed by atoms with van der Waals surface area (Å²) in [6.45, 7) is 9.01. The number of benzene rings is 14. The fourth-order valence-electron chi connectivity index (χ4n) is 12.6. The van der Waals surface area contributed by atoms with Crippen molar-refractivity contribution < 1.29 is 0 Å². The van der Waals surface area contributed by atoms with Crippen LogP contribution in [-0.4, -0.2) is 0 Å². The fraction of sp³-hybridized carbons (Fsp3) is 0.0476. The van der Waals surface area contributed by atoms with Gasteiger partial charge in [-0.2, -0.15) is 0 Å². The molecule has 0 N–H and O–H groups in total. The second-order valence-electron chi connectivity index (χ2n) is 22.7. The first-order chi connectivity index (χ1) is 42.3. The molecule has 0 heterocycles. The first-order valence-corrected chi connectivity index (χ1v) is 29.8. The van der Waals surface area contributed by atoms with Crippen LogP contribution in [0, 0.1) is 27.7 Å². The molecule has 0 aromatic heterocycles. The lowest BCUT2D eigenvalue weighted by molar-refractivity contribution is 1.22. The third-order valence-electron chi connectivity index (χ3n) is 17.2. The largest absolute Gasteiger partial charge is 0.309 e. The minimum atomic E-state index is 1.09. The van der Waals surface area contributed by atoms with E-state index in [4.69, 9.17) is 0 Å². The van der Waals surface area contributed by atoms with Gasteiger partial charge in [0.1, 0.15) is 0 Å². The first kappa shape index (κ1) is 53.2. The monoisotopic (exact) mass is 1100 g/mol. The van der Waals surface area contributed by atoms with Gasteiger partial charge in [0.2, 0.25) is 0 Å². The van der Waals surface area contributed by atoms with E-state index in [2.05, 4.69) is 353 Å². The zero-order valence-corrected chi connectivity index (χ0v) is 48.9. The van der Waals surface area contributed by atoms with Gasteiger partial charge >= 0.3 is 0 Å². The van der Waals surface area contributed by atoms with Crippen molar-refractivity contribution in [2.75, 3.05) is 9.80 Å². The van der Waals surface area contributed by atoms with Crippen molar-refractivity contribution >= 4 is 55.7 Å². The number of hydrogen-bond acceptors (Lipinski definition) is 2. The first-order valence-electron chi connectivity index (χ1n) is 29.8. The summed E-state index contributed by atoms with van der Waals surface area (Å²) in [6, 6.07) is 116. The van der Waals surface area contributed by atoms with Gasteiger partial charge in [-0.3, -0.25) is 0 Å². The highest BCUT2D eigenvalue weighted by atomic mass is 15.2. The molecule has 0 bridgehead atoms. The Morgan fingerprint density at radius 1 is 0.186 bits per heavy atom. The minimum Gasteiger partial charge on any atom is -0.309 e. The van der Waals surface area contributed by atoms with Crippen LogP contribution in [0.15, 0.2) is 315 Å². The number of nitrogens with zero attached hydrogens (tertiary/aromatic N) is 2. The van der Waals surface area contributed by atoms with Crippen molar-refractivity contribution in [2.45, 2.75) is 27.7 Å². The van der Waals surface area contributed by atoms with E-state index in [1.54, 1.807) is 0 Å². The lowest BCUT2D eigenvalue weighted by Gasteiger charge is -2.31. The molecule has 2 nitrogen and oxygen atoms in total. The number of aryl methyl sites for hydroxylation is 4. The van der Waals surface area contributed by atoms with Gasteiger partial charge in [0.15, 0.2) is 0 Å². The van der Waals surface area contributed by atoms with E-state index in [1.807, 2.05) is 0 Å². The Balaban J connectivity index is 0.855. The maximum Gasteiger partial charge on any atom is 0.0569 e. The predicted molar refractivity (Wildman–Crippen MR) is 368 cm³/mol. The lowest BCUT2D eigenvalue weighted by atomic mass is 9.94. The molecule has 0 aliphatic heterocycles. The Hall–Kier alpha value is -10.8. The van der Waals surface area contributed by atoms with E-state index >= 15 is 0 Å². The Kier molecular flexibility index (Phi) is 14.3. The lowest BCUT2D eigenvalue weighted by Crippen LogP contribution is -2.14. The van der Waals surface area contributed by atoms with Gasteiger partial charge in [0, 0.05) is 33.9 Å². The summed E-state index contributed by atoms with van der Waals surface area (Å²) in [4.78, 5) is 4.96. The van der Waals surface area contributed by atoms with Crippen molar-refractivity contribution in [3.63, 3.8) is 0 Å². The average molecular weight is 1100 g/mol. The molecule has 86 heavy (non-hydrogen) atoms. The van der Waals surface area contributed by atoms with Gasteiger partial charge in [0.05, 0.1) is 11.4 Å². The van der Waals surface area contributed by atoms with E-state index in [9.17, 15) is 0 Å². The van der Waals surface area contributed by atoms with E-state index in [0.717, 1.165) is 45.3 Å². The van der Waals surface area contributed by atoms with Crippen LogP contribution < -0.4 is 9.80 Å². The molecule has 2 heteroatoms. The number of hydrogen-bond donors (Lipinski definition) is 0. The molecule has 0 aliphatic rings. The molecular weight excluding hydrogens is 1040 g/mol.